The predicted octanol–water partition coefficient (Wildman–Crippen LogP) is 0.0480. The summed E-state index contributed by atoms with van der Waals surface area (Å²) in [5.41, 5.74) is 4.21. The van der Waals surface area contributed by atoms with E-state index in [1.54, 1.807) is 0 Å². The fourth-order valence-electron chi connectivity index (χ4n) is 2.19. The number of β-amino-alcohol motifs (C(OH)–C–C–N with tert-alkyl or cyclic N) is 1. The molecule has 0 radical (unpaired) electrons. The molecular weight excluding hydrogens is 319 g/mol. The van der Waals surface area contributed by atoms with Crippen LogP contribution in [0, 0.1) is 21.8 Å². The molecule has 10 heteroatoms. The van der Waals surface area contributed by atoms with Gasteiger partial charge in [-0.3, -0.25) is 14.9 Å². The van der Waals surface area contributed by atoms with Crippen LogP contribution in [0.2, 0.25) is 0 Å². The first kappa shape index (κ1) is 18.1. The van der Waals surface area contributed by atoms with Crippen molar-refractivity contribution in [1.82, 2.24) is 10.6 Å². The summed E-state index contributed by atoms with van der Waals surface area (Å²) in [4.78, 5) is 21.9. The molecule has 0 bridgehead atoms. The Morgan fingerprint density at radius 2 is 2.23 bits per heavy atom. The second-order valence-electron chi connectivity index (χ2n) is 4.84. The van der Waals surface area contributed by atoms with Crippen LogP contribution in [0.4, 0.5) is 15.8 Å². The lowest BCUT2D eigenvalue weighted by molar-refractivity contribution is -0.384. The topological polar surface area (TPSA) is 131 Å². The smallest absolute Gasteiger partial charge is 0.295 e. The highest BCUT2D eigenvalue weighted by Gasteiger charge is 2.26. The fraction of sp³-hybridized carbons (Fsp3) is 0.417. The zero-order valence-corrected chi connectivity index (χ0v) is 12.2. The van der Waals surface area contributed by atoms with E-state index in [0.717, 1.165) is 6.07 Å². The molecule has 22 heavy (non-hydrogen) atoms. The average molecular weight is 335 g/mol. The van der Waals surface area contributed by atoms with Gasteiger partial charge in [-0.05, 0) is 6.07 Å². The largest absolute Gasteiger partial charge is 0.393 e. The highest BCUT2D eigenvalue weighted by Crippen LogP contribution is 2.26. The molecule has 0 aromatic heterocycles. The van der Waals surface area contributed by atoms with Gasteiger partial charge in [0.15, 0.2) is 0 Å². The number of nitrogen functional groups attached to an aromatic ring is 1. The van der Waals surface area contributed by atoms with Gasteiger partial charge < -0.3 is 21.5 Å². The van der Waals surface area contributed by atoms with Crippen LogP contribution in [0.5, 0.6) is 0 Å². The van der Waals surface area contributed by atoms with Gasteiger partial charge in [0, 0.05) is 25.6 Å². The number of benzene rings is 1. The number of carbonyl (C=O) groups excluding carboxylic acids is 1. The van der Waals surface area contributed by atoms with E-state index in [0.29, 0.717) is 19.2 Å². The van der Waals surface area contributed by atoms with Crippen LogP contribution >= 0.6 is 12.4 Å². The molecule has 0 saturated carbocycles. The SMILES string of the molecule is Cl.Nc1c(C(=O)NCC2CNCC2O)cc(F)cc1[N+](=O)[O-]. The van der Waals surface area contributed by atoms with Crippen molar-refractivity contribution in [3.63, 3.8) is 0 Å². The minimum Gasteiger partial charge on any atom is -0.393 e. The van der Waals surface area contributed by atoms with Crippen LogP contribution < -0.4 is 16.4 Å². The lowest BCUT2D eigenvalue weighted by Crippen LogP contribution is -2.34. The first-order chi connectivity index (χ1) is 9.90. The van der Waals surface area contributed by atoms with E-state index < -0.39 is 28.4 Å². The number of nitrogens with one attached hydrogen (secondary N) is 2. The maximum Gasteiger partial charge on any atom is 0.295 e. The monoisotopic (exact) mass is 334 g/mol. The Morgan fingerprint density at radius 1 is 1.55 bits per heavy atom. The highest BCUT2D eigenvalue weighted by molar-refractivity contribution is 6.01. The number of amides is 1. The predicted molar refractivity (Wildman–Crippen MR) is 79.4 cm³/mol. The summed E-state index contributed by atoms with van der Waals surface area (Å²) >= 11 is 0. The van der Waals surface area contributed by atoms with E-state index in [1.807, 2.05) is 0 Å². The Kier molecular flexibility index (Phi) is 6.03. The molecule has 1 aliphatic heterocycles. The Balaban J connectivity index is 0.00000242. The van der Waals surface area contributed by atoms with Crippen molar-refractivity contribution in [2.24, 2.45) is 5.92 Å². The number of aliphatic hydroxyl groups excluding tert-OH is 1. The number of nitrogens with two attached hydrogens (primary N) is 1. The van der Waals surface area contributed by atoms with Gasteiger partial charge >= 0.3 is 0 Å². The highest BCUT2D eigenvalue weighted by atomic mass is 35.5. The summed E-state index contributed by atoms with van der Waals surface area (Å²) < 4.78 is 13.3. The van der Waals surface area contributed by atoms with Crippen LogP contribution in [0.15, 0.2) is 12.1 Å². The first-order valence-corrected chi connectivity index (χ1v) is 6.30. The number of carbonyl (C=O) groups is 1. The van der Waals surface area contributed by atoms with Gasteiger partial charge in [0.25, 0.3) is 11.6 Å². The number of aliphatic hydroxyl groups is 1. The molecule has 8 nitrogen and oxygen atoms in total. The first-order valence-electron chi connectivity index (χ1n) is 6.30. The van der Waals surface area contributed by atoms with E-state index in [2.05, 4.69) is 10.6 Å². The zero-order valence-electron chi connectivity index (χ0n) is 11.4. The minimum absolute atomic E-state index is 0. The second kappa shape index (κ2) is 7.34. The molecule has 1 fully saturated rings. The fourth-order valence-corrected chi connectivity index (χ4v) is 2.19. The molecule has 2 unspecified atom stereocenters. The number of hydrogen-bond donors (Lipinski definition) is 4. The minimum atomic E-state index is -0.913. The van der Waals surface area contributed by atoms with Crippen molar-refractivity contribution in [3.05, 3.63) is 33.6 Å². The Hall–Kier alpha value is -1.97. The van der Waals surface area contributed by atoms with Crippen molar-refractivity contribution in [2.45, 2.75) is 6.10 Å². The lowest BCUT2D eigenvalue weighted by Gasteiger charge is -2.14. The molecule has 2 atom stereocenters. The normalized spacial score (nSPS) is 20.3. The number of anilines is 1. The number of nitro benzene ring substituents is 1. The molecular formula is C12H16ClFN4O4. The van der Waals surface area contributed by atoms with Crippen LogP contribution in [0.25, 0.3) is 0 Å². The summed E-state index contributed by atoms with van der Waals surface area (Å²) in [7, 11) is 0. The van der Waals surface area contributed by atoms with Crippen molar-refractivity contribution in [1.29, 1.82) is 0 Å². The number of hydrogen-bond acceptors (Lipinski definition) is 6. The summed E-state index contributed by atoms with van der Waals surface area (Å²) in [5, 5.41) is 25.8. The number of rotatable bonds is 4. The van der Waals surface area contributed by atoms with E-state index in [-0.39, 0.29) is 36.1 Å². The van der Waals surface area contributed by atoms with Gasteiger partial charge in [-0.1, -0.05) is 0 Å². The molecule has 0 spiro atoms. The number of nitro groups is 1. The van der Waals surface area contributed by atoms with Crippen molar-refractivity contribution < 1.29 is 19.2 Å². The molecule has 1 aromatic rings. The van der Waals surface area contributed by atoms with Gasteiger partial charge in [0.05, 0.1) is 22.7 Å². The van der Waals surface area contributed by atoms with Gasteiger partial charge in [0.2, 0.25) is 0 Å². The third-order valence-electron chi connectivity index (χ3n) is 3.39. The molecule has 0 aliphatic carbocycles. The number of nitrogens with zero attached hydrogens (tertiary/aromatic N) is 1. The third-order valence-corrected chi connectivity index (χ3v) is 3.39. The van der Waals surface area contributed by atoms with Crippen LogP contribution in [0.1, 0.15) is 10.4 Å². The van der Waals surface area contributed by atoms with Crippen LogP contribution in [-0.2, 0) is 0 Å². The van der Waals surface area contributed by atoms with E-state index in [1.165, 1.54) is 0 Å². The average Bonchev–Trinajstić information content (AvgIpc) is 2.83. The van der Waals surface area contributed by atoms with Crippen molar-refractivity contribution in [3.8, 4) is 0 Å². The molecule has 1 saturated heterocycles. The Morgan fingerprint density at radius 3 is 2.77 bits per heavy atom. The molecule has 1 heterocycles. The van der Waals surface area contributed by atoms with Crippen LogP contribution in [0.3, 0.4) is 0 Å². The zero-order chi connectivity index (χ0) is 15.6. The molecule has 5 N–H and O–H groups in total. The van der Waals surface area contributed by atoms with E-state index in [9.17, 15) is 24.4 Å². The quantitative estimate of drug-likeness (QED) is 0.349. The summed E-state index contributed by atoms with van der Waals surface area (Å²) in [5.74, 6) is -1.79. The van der Waals surface area contributed by atoms with Gasteiger partial charge in [-0.2, -0.15) is 0 Å². The van der Waals surface area contributed by atoms with Crippen molar-refractivity contribution in [2.75, 3.05) is 25.4 Å². The third kappa shape index (κ3) is 3.81. The molecule has 1 amide bonds. The second-order valence-corrected chi connectivity index (χ2v) is 4.84. The van der Waals surface area contributed by atoms with E-state index in [4.69, 9.17) is 5.73 Å². The lowest BCUT2D eigenvalue weighted by atomic mass is 10.1. The molecule has 1 aliphatic rings. The standard InChI is InChI=1S/C12H15FN4O4.ClH/c13-7-1-8(11(14)9(2-7)17(20)21)12(19)16-4-6-3-15-5-10(6)18;/h1-2,6,10,15,18H,3-5,14H2,(H,16,19);1H. The molecule has 2 rings (SSSR count). The van der Waals surface area contributed by atoms with Crippen LogP contribution in [-0.4, -0.2) is 41.7 Å². The summed E-state index contributed by atoms with van der Waals surface area (Å²) in [6, 6.07) is 1.51. The summed E-state index contributed by atoms with van der Waals surface area (Å²) in [6.07, 6.45) is -0.579. The summed E-state index contributed by atoms with van der Waals surface area (Å²) in [6.45, 7) is 1.14. The van der Waals surface area contributed by atoms with Crippen molar-refractivity contribution >= 4 is 29.7 Å². The van der Waals surface area contributed by atoms with Gasteiger partial charge in [-0.25, -0.2) is 4.39 Å². The molecule has 1 aromatic carbocycles. The molecule has 122 valence electrons. The van der Waals surface area contributed by atoms with E-state index >= 15 is 0 Å². The van der Waals surface area contributed by atoms with Gasteiger partial charge in [0.1, 0.15) is 11.5 Å². The number of halogens is 2. The maximum atomic E-state index is 13.3. The Labute approximate surface area is 131 Å². The Bertz CT molecular complexity index is 586. The van der Waals surface area contributed by atoms with Gasteiger partial charge in [-0.15, -0.1) is 12.4 Å². The maximum absolute atomic E-state index is 13.3.